The van der Waals surface area contributed by atoms with E-state index in [-0.39, 0.29) is 30.8 Å². The van der Waals surface area contributed by atoms with E-state index in [0.717, 1.165) is 67.2 Å². The molecule has 3 amide bonds. The minimum Gasteiger partial charge on any atom is -0.361 e. The fraction of sp³-hybridized carbons (Fsp3) is 0.553. The highest BCUT2D eigenvalue weighted by Gasteiger charge is 2.31. The number of para-hydroxylation sites is 1. The van der Waals surface area contributed by atoms with Crippen molar-refractivity contribution in [2.75, 3.05) is 32.7 Å². The lowest BCUT2D eigenvalue weighted by molar-refractivity contribution is -0.147. The molecular formula is C38H53N5O3. The average molecular weight is 628 g/mol. The molecule has 1 aromatic heterocycles. The van der Waals surface area contributed by atoms with Crippen LogP contribution in [0.25, 0.3) is 10.9 Å². The fourth-order valence-corrected chi connectivity index (χ4v) is 7.65. The number of nitrogens with zero attached hydrogens (tertiary/aromatic N) is 3. The number of aromatic nitrogens is 1. The molecule has 8 heteroatoms. The first-order chi connectivity index (χ1) is 22.3. The van der Waals surface area contributed by atoms with E-state index in [2.05, 4.69) is 53.0 Å². The van der Waals surface area contributed by atoms with Crippen molar-refractivity contribution >= 4 is 28.6 Å². The number of likely N-dealkylation sites (tertiary alicyclic amines) is 2. The van der Waals surface area contributed by atoms with Crippen LogP contribution in [-0.2, 0) is 46.6 Å². The molecule has 0 radical (unpaired) electrons. The summed E-state index contributed by atoms with van der Waals surface area (Å²) in [6.45, 7) is 12.5. The van der Waals surface area contributed by atoms with E-state index in [9.17, 15) is 14.4 Å². The normalized spacial score (nSPS) is 17.2. The highest BCUT2D eigenvalue weighted by Crippen LogP contribution is 2.24. The summed E-state index contributed by atoms with van der Waals surface area (Å²) in [4.78, 5) is 50.4. The Morgan fingerprint density at radius 2 is 1.59 bits per heavy atom. The second-order valence-corrected chi connectivity index (χ2v) is 13.2. The largest absolute Gasteiger partial charge is 0.361 e. The third kappa shape index (κ3) is 8.07. The highest BCUT2D eigenvalue weighted by atomic mass is 16.2. The highest BCUT2D eigenvalue weighted by molar-refractivity contribution is 5.99. The summed E-state index contributed by atoms with van der Waals surface area (Å²) < 4.78 is 0. The zero-order valence-electron chi connectivity index (χ0n) is 28.4. The number of hydrogen-bond donors (Lipinski definition) is 2. The van der Waals surface area contributed by atoms with E-state index in [4.69, 9.17) is 0 Å². The molecule has 0 spiro atoms. The topological polar surface area (TPSA) is 88.8 Å². The SMILES string of the molecule is CCc1cc(CN(C(C)=O)C(=O)C(Cc2c[nH]c3ccccc23)NC(=O)CN2CCC(N3CCCCC3)CC2)cc(CC)c1CC. The summed E-state index contributed by atoms with van der Waals surface area (Å²) in [6, 6.07) is 12.0. The van der Waals surface area contributed by atoms with Gasteiger partial charge in [0.05, 0.1) is 13.1 Å². The average Bonchev–Trinajstić information content (AvgIpc) is 3.49. The molecule has 2 aromatic carbocycles. The Morgan fingerprint density at radius 1 is 0.913 bits per heavy atom. The van der Waals surface area contributed by atoms with Gasteiger partial charge in [-0.1, -0.05) is 57.5 Å². The molecule has 1 atom stereocenters. The van der Waals surface area contributed by atoms with Gasteiger partial charge in [-0.3, -0.25) is 24.2 Å². The van der Waals surface area contributed by atoms with E-state index in [1.165, 1.54) is 60.9 Å². The lowest BCUT2D eigenvalue weighted by Crippen LogP contribution is -2.54. The number of piperidine rings is 2. The van der Waals surface area contributed by atoms with Gasteiger partial charge in [-0.05, 0) is 91.9 Å². The molecule has 2 fully saturated rings. The Labute approximate surface area is 274 Å². The fourth-order valence-electron chi connectivity index (χ4n) is 7.65. The summed E-state index contributed by atoms with van der Waals surface area (Å²) >= 11 is 0. The second-order valence-electron chi connectivity index (χ2n) is 13.2. The minimum absolute atomic E-state index is 0.174. The Balaban J connectivity index is 1.33. The lowest BCUT2D eigenvalue weighted by atomic mass is 9.92. The van der Waals surface area contributed by atoms with Crippen molar-refractivity contribution in [2.24, 2.45) is 0 Å². The van der Waals surface area contributed by atoms with Crippen molar-refractivity contribution in [3.63, 3.8) is 0 Å². The quantitative estimate of drug-likeness (QED) is 0.281. The zero-order chi connectivity index (χ0) is 32.6. The van der Waals surface area contributed by atoms with Crippen molar-refractivity contribution < 1.29 is 14.4 Å². The number of hydrogen-bond acceptors (Lipinski definition) is 5. The number of aromatic amines is 1. The predicted octanol–water partition coefficient (Wildman–Crippen LogP) is 5.41. The molecule has 0 bridgehead atoms. The molecule has 1 unspecified atom stereocenters. The summed E-state index contributed by atoms with van der Waals surface area (Å²) in [5.74, 6) is -0.865. The number of amides is 3. The van der Waals surface area contributed by atoms with Gasteiger partial charge in [-0.25, -0.2) is 0 Å². The Bertz CT molecular complexity index is 1470. The van der Waals surface area contributed by atoms with Crippen molar-refractivity contribution in [1.82, 2.24) is 25.0 Å². The van der Waals surface area contributed by atoms with Gasteiger partial charge in [0, 0.05) is 49.6 Å². The van der Waals surface area contributed by atoms with Crippen LogP contribution in [0.5, 0.6) is 0 Å². The van der Waals surface area contributed by atoms with Crippen LogP contribution in [-0.4, -0.2) is 82.2 Å². The van der Waals surface area contributed by atoms with Gasteiger partial charge in [0.1, 0.15) is 6.04 Å². The first-order valence-electron chi connectivity index (χ1n) is 17.6. The van der Waals surface area contributed by atoms with Crippen LogP contribution in [0.2, 0.25) is 0 Å². The summed E-state index contributed by atoms with van der Waals surface area (Å²) in [5, 5.41) is 4.09. The van der Waals surface area contributed by atoms with E-state index in [0.29, 0.717) is 12.5 Å². The maximum absolute atomic E-state index is 14.3. The smallest absolute Gasteiger partial charge is 0.252 e. The number of benzene rings is 2. The number of aryl methyl sites for hydroxylation is 2. The van der Waals surface area contributed by atoms with E-state index < -0.39 is 6.04 Å². The van der Waals surface area contributed by atoms with Crippen LogP contribution in [0, 0.1) is 0 Å². The van der Waals surface area contributed by atoms with Gasteiger partial charge in [0.2, 0.25) is 11.8 Å². The zero-order valence-corrected chi connectivity index (χ0v) is 28.4. The molecule has 5 rings (SSSR count). The molecule has 2 aliphatic rings. The van der Waals surface area contributed by atoms with Gasteiger partial charge in [-0.15, -0.1) is 0 Å². The molecule has 2 saturated heterocycles. The number of carbonyl (C=O) groups is 3. The summed E-state index contributed by atoms with van der Waals surface area (Å²) in [5.41, 5.74) is 6.75. The number of carbonyl (C=O) groups excluding carboxylic acids is 3. The van der Waals surface area contributed by atoms with E-state index >= 15 is 0 Å². The van der Waals surface area contributed by atoms with Crippen molar-refractivity contribution in [1.29, 1.82) is 0 Å². The molecule has 0 aliphatic carbocycles. The van der Waals surface area contributed by atoms with Gasteiger partial charge >= 0.3 is 0 Å². The first kappa shape index (κ1) is 33.9. The van der Waals surface area contributed by atoms with Gasteiger partial charge in [-0.2, -0.15) is 0 Å². The molecule has 2 N–H and O–H groups in total. The molecule has 2 aliphatic heterocycles. The van der Waals surface area contributed by atoms with Crippen molar-refractivity contribution in [2.45, 2.75) is 104 Å². The van der Waals surface area contributed by atoms with Crippen LogP contribution in [0.3, 0.4) is 0 Å². The lowest BCUT2D eigenvalue weighted by Gasteiger charge is -2.40. The van der Waals surface area contributed by atoms with Crippen LogP contribution >= 0.6 is 0 Å². The Morgan fingerprint density at radius 3 is 2.22 bits per heavy atom. The number of rotatable bonds is 12. The Hall–Kier alpha value is -3.49. The monoisotopic (exact) mass is 627 g/mol. The van der Waals surface area contributed by atoms with Gasteiger partial charge < -0.3 is 15.2 Å². The molecular weight excluding hydrogens is 574 g/mol. The second kappa shape index (κ2) is 15.9. The molecule has 3 aromatic rings. The van der Waals surface area contributed by atoms with Gasteiger partial charge in [0.15, 0.2) is 0 Å². The van der Waals surface area contributed by atoms with Gasteiger partial charge in [0.25, 0.3) is 5.91 Å². The van der Waals surface area contributed by atoms with Crippen molar-refractivity contribution in [3.8, 4) is 0 Å². The predicted molar refractivity (Wildman–Crippen MR) is 185 cm³/mol. The standard InChI is InChI=1S/C38H53N5O3/c1-5-29-21-28(22-30(6-2)33(29)7-3)25-43(27(4)44)38(46)36(23-31-24-39-35-14-10-9-13-34(31)35)40-37(45)26-41-19-15-32(16-20-41)42-17-11-8-12-18-42/h9-10,13-14,21-22,24,32,36,39H,5-8,11-12,15-20,23,25-26H2,1-4H3,(H,40,45). The minimum atomic E-state index is -0.868. The number of nitrogens with one attached hydrogen (secondary N) is 2. The van der Waals surface area contributed by atoms with Crippen LogP contribution in [0.4, 0.5) is 0 Å². The number of H-pyrrole nitrogens is 1. The van der Waals surface area contributed by atoms with E-state index in [1.54, 1.807) is 0 Å². The third-order valence-corrected chi connectivity index (χ3v) is 10.2. The first-order valence-corrected chi connectivity index (χ1v) is 17.6. The van der Waals surface area contributed by atoms with E-state index in [1.807, 2.05) is 30.5 Å². The van der Waals surface area contributed by atoms with Crippen molar-refractivity contribution in [3.05, 3.63) is 70.4 Å². The van der Waals surface area contributed by atoms with Crippen LogP contribution in [0.1, 0.15) is 87.6 Å². The van der Waals surface area contributed by atoms with Crippen LogP contribution < -0.4 is 5.32 Å². The number of fused-ring (bicyclic) bond motifs is 1. The molecule has 248 valence electrons. The molecule has 46 heavy (non-hydrogen) atoms. The molecule has 8 nitrogen and oxygen atoms in total. The maximum atomic E-state index is 14.3. The van der Waals surface area contributed by atoms with Crippen LogP contribution in [0.15, 0.2) is 42.6 Å². The Kier molecular flexibility index (Phi) is 11.7. The number of imide groups is 1. The summed E-state index contributed by atoms with van der Waals surface area (Å²) in [6.07, 6.45) is 11.0. The summed E-state index contributed by atoms with van der Waals surface area (Å²) in [7, 11) is 0. The third-order valence-electron chi connectivity index (χ3n) is 10.2. The molecule has 0 saturated carbocycles. The molecule has 3 heterocycles. The maximum Gasteiger partial charge on any atom is 0.252 e.